The van der Waals surface area contributed by atoms with Gasteiger partial charge in [0, 0.05) is 19.2 Å². The standard InChI is InChI=1S/C15H14F4N2O3/c1-8-3-4-9(23-8)7-21(2)15(22)20-12-5-11(17)13(6-10(12)16)24-14(18)19/h3-6,14H,7H2,1-2H3,(H,20,22). The first-order valence-electron chi connectivity index (χ1n) is 6.77. The molecule has 0 atom stereocenters. The van der Waals surface area contributed by atoms with Gasteiger partial charge in [0.1, 0.15) is 11.5 Å². The van der Waals surface area contributed by atoms with Crippen molar-refractivity contribution in [3.05, 3.63) is 47.4 Å². The molecule has 0 aliphatic rings. The van der Waals surface area contributed by atoms with Crippen LogP contribution in [0.2, 0.25) is 0 Å². The first-order chi connectivity index (χ1) is 11.3. The van der Waals surface area contributed by atoms with E-state index >= 15 is 0 Å². The number of amides is 2. The summed E-state index contributed by atoms with van der Waals surface area (Å²) in [4.78, 5) is 13.2. The summed E-state index contributed by atoms with van der Waals surface area (Å²) in [5.41, 5.74) is -0.499. The van der Waals surface area contributed by atoms with E-state index in [1.807, 2.05) is 0 Å². The van der Waals surface area contributed by atoms with E-state index in [2.05, 4.69) is 10.1 Å². The SMILES string of the molecule is Cc1ccc(CN(C)C(=O)Nc2cc(F)c(OC(F)F)cc2F)o1. The van der Waals surface area contributed by atoms with Crippen LogP contribution in [0.1, 0.15) is 11.5 Å². The quantitative estimate of drug-likeness (QED) is 0.828. The largest absolute Gasteiger partial charge is 0.464 e. The maximum absolute atomic E-state index is 13.8. The minimum atomic E-state index is -3.29. The fourth-order valence-electron chi connectivity index (χ4n) is 1.90. The minimum absolute atomic E-state index is 0.107. The lowest BCUT2D eigenvalue weighted by Gasteiger charge is -2.17. The van der Waals surface area contributed by atoms with Crippen molar-refractivity contribution in [2.24, 2.45) is 0 Å². The van der Waals surface area contributed by atoms with Crippen LogP contribution in [0.25, 0.3) is 0 Å². The molecule has 9 heteroatoms. The summed E-state index contributed by atoms with van der Waals surface area (Å²) in [6.45, 7) is -1.44. The number of nitrogens with zero attached hydrogens (tertiary/aromatic N) is 1. The van der Waals surface area contributed by atoms with Crippen molar-refractivity contribution in [2.45, 2.75) is 20.1 Å². The van der Waals surface area contributed by atoms with Gasteiger partial charge < -0.3 is 19.4 Å². The maximum atomic E-state index is 13.8. The molecular weight excluding hydrogens is 332 g/mol. The summed E-state index contributed by atoms with van der Waals surface area (Å²) in [5, 5.41) is 2.15. The van der Waals surface area contributed by atoms with Crippen LogP contribution in [0.4, 0.5) is 28.0 Å². The molecule has 0 fully saturated rings. The average Bonchev–Trinajstić information content (AvgIpc) is 2.88. The Morgan fingerprint density at radius 2 is 2.00 bits per heavy atom. The monoisotopic (exact) mass is 346 g/mol. The van der Waals surface area contributed by atoms with Crippen molar-refractivity contribution in [3.8, 4) is 5.75 Å². The Morgan fingerprint density at radius 3 is 2.58 bits per heavy atom. The Kier molecular flexibility index (Phi) is 5.32. The van der Waals surface area contributed by atoms with Crippen LogP contribution in [-0.2, 0) is 6.54 Å². The smallest absolute Gasteiger partial charge is 0.387 e. The fraction of sp³-hybridized carbons (Fsp3) is 0.267. The predicted molar refractivity (Wildman–Crippen MR) is 76.9 cm³/mol. The predicted octanol–water partition coefficient (Wildman–Crippen LogP) is 4.13. The molecule has 0 aliphatic heterocycles. The van der Waals surface area contributed by atoms with Crippen LogP contribution >= 0.6 is 0 Å². The molecule has 0 aliphatic carbocycles. The number of halogens is 4. The van der Waals surface area contributed by atoms with E-state index in [0.717, 1.165) is 0 Å². The number of carbonyl (C=O) groups excluding carboxylic acids is 1. The van der Waals surface area contributed by atoms with Crippen molar-refractivity contribution >= 4 is 11.7 Å². The summed E-state index contributed by atoms with van der Waals surface area (Å²) >= 11 is 0. The van der Waals surface area contributed by atoms with Gasteiger partial charge in [-0.1, -0.05) is 0 Å². The van der Waals surface area contributed by atoms with Gasteiger partial charge in [-0.15, -0.1) is 0 Å². The highest BCUT2D eigenvalue weighted by molar-refractivity contribution is 5.89. The summed E-state index contributed by atoms with van der Waals surface area (Å²) in [5.74, 6) is -2.10. The summed E-state index contributed by atoms with van der Waals surface area (Å²) in [6, 6.07) is 3.67. The number of benzene rings is 1. The lowest BCUT2D eigenvalue weighted by atomic mass is 10.2. The Hall–Kier alpha value is -2.71. The molecule has 0 bridgehead atoms. The van der Waals surface area contributed by atoms with Crippen LogP contribution in [0.5, 0.6) is 5.75 Å². The number of nitrogens with one attached hydrogen (secondary N) is 1. The van der Waals surface area contributed by atoms with Gasteiger partial charge in [-0.05, 0) is 19.1 Å². The topological polar surface area (TPSA) is 54.7 Å². The third-order valence-electron chi connectivity index (χ3n) is 3.01. The molecule has 1 N–H and O–H groups in total. The number of carbonyl (C=O) groups is 1. The number of hydrogen-bond acceptors (Lipinski definition) is 3. The minimum Gasteiger partial charge on any atom is -0.464 e. The van der Waals surface area contributed by atoms with E-state index in [4.69, 9.17) is 4.42 Å². The second kappa shape index (κ2) is 7.24. The number of furan rings is 1. The zero-order valence-electron chi connectivity index (χ0n) is 12.8. The van der Waals surface area contributed by atoms with Crippen molar-refractivity contribution < 1.29 is 31.5 Å². The number of alkyl halides is 2. The van der Waals surface area contributed by atoms with Crippen molar-refractivity contribution in [2.75, 3.05) is 12.4 Å². The third-order valence-corrected chi connectivity index (χ3v) is 3.01. The highest BCUT2D eigenvalue weighted by atomic mass is 19.3. The Balaban J connectivity index is 2.06. The molecule has 0 saturated heterocycles. The van der Waals surface area contributed by atoms with Crippen molar-refractivity contribution in [1.82, 2.24) is 4.90 Å². The number of aryl methyl sites for hydroxylation is 1. The summed E-state index contributed by atoms with van der Waals surface area (Å²) in [6.07, 6.45) is 0. The molecule has 1 aromatic heterocycles. The summed E-state index contributed by atoms with van der Waals surface area (Å²) in [7, 11) is 1.43. The van der Waals surface area contributed by atoms with Gasteiger partial charge in [-0.25, -0.2) is 13.6 Å². The first kappa shape index (κ1) is 17.6. The highest BCUT2D eigenvalue weighted by Crippen LogP contribution is 2.26. The summed E-state index contributed by atoms with van der Waals surface area (Å²) < 4.78 is 60.6. The molecule has 0 radical (unpaired) electrons. The fourth-order valence-corrected chi connectivity index (χ4v) is 1.90. The molecule has 0 saturated carbocycles. The molecule has 0 unspecified atom stereocenters. The third kappa shape index (κ3) is 4.40. The zero-order chi connectivity index (χ0) is 17.9. The molecule has 24 heavy (non-hydrogen) atoms. The van der Waals surface area contributed by atoms with Crippen molar-refractivity contribution in [1.29, 1.82) is 0 Å². The van der Waals surface area contributed by atoms with Gasteiger partial charge >= 0.3 is 12.6 Å². The number of rotatable bonds is 5. The van der Waals surface area contributed by atoms with E-state index in [-0.39, 0.29) is 6.54 Å². The molecule has 1 aromatic carbocycles. The first-order valence-corrected chi connectivity index (χ1v) is 6.77. The average molecular weight is 346 g/mol. The highest BCUT2D eigenvalue weighted by Gasteiger charge is 2.18. The molecule has 2 amide bonds. The molecule has 2 rings (SSSR count). The Bertz CT molecular complexity index is 734. The number of ether oxygens (including phenoxy) is 1. The maximum Gasteiger partial charge on any atom is 0.387 e. The van der Waals surface area contributed by atoms with Gasteiger partial charge in [0.2, 0.25) is 0 Å². The molecule has 5 nitrogen and oxygen atoms in total. The van der Waals surface area contributed by atoms with E-state index in [0.29, 0.717) is 23.7 Å². The van der Waals surface area contributed by atoms with Crippen LogP contribution in [0.3, 0.4) is 0 Å². The zero-order valence-corrected chi connectivity index (χ0v) is 12.8. The van der Waals surface area contributed by atoms with Crippen molar-refractivity contribution in [3.63, 3.8) is 0 Å². The van der Waals surface area contributed by atoms with Gasteiger partial charge in [0.15, 0.2) is 17.4 Å². The van der Waals surface area contributed by atoms with Crippen LogP contribution in [0, 0.1) is 18.6 Å². The normalized spacial score (nSPS) is 10.8. The van der Waals surface area contributed by atoms with Crippen LogP contribution in [-0.4, -0.2) is 24.6 Å². The van der Waals surface area contributed by atoms with E-state index < -0.39 is 35.7 Å². The van der Waals surface area contributed by atoms with Crippen LogP contribution < -0.4 is 10.1 Å². The lowest BCUT2D eigenvalue weighted by molar-refractivity contribution is -0.0523. The Labute approximate surface area is 134 Å². The molecule has 2 aromatic rings. The van der Waals surface area contributed by atoms with E-state index in [9.17, 15) is 22.4 Å². The van der Waals surface area contributed by atoms with Gasteiger partial charge in [-0.3, -0.25) is 0 Å². The van der Waals surface area contributed by atoms with Crippen LogP contribution in [0.15, 0.2) is 28.7 Å². The second-order valence-electron chi connectivity index (χ2n) is 4.94. The number of hydrogen-bond donors (Lipinski definition) is 1. The lowest BCUT2D eigenvalue weighted by Crippen LogP contribution is -2.31. The van der Waals surface area contributed by atoms with Gasteiger partial charge in [0.25, 0.3) is 0 Å². The van der Waals surface area contributed by atoms with E-state index in [1.54, 1.807) is 19.1 Å². The molecular formula is C15H14F4N2O3. The number of urea groups is 1. The number of anilines is 1. The Morgan fingerprint density at radius 1 is 1.29 bits per heavy atom. The molecule has 0 spiro atoms. The molecule has 1 heterocycles. The second-order valence-corrected chi connectivity index (χ2v) is 4.94. The van der Waals surface area contributed by atoms with E-state index in [1.165, 1.54) is 11.9 Å². The molecule has 130 valence electrons. The van der Waals surface area contributed by atoms with Gasteiger partial charge in [0.05, 0.1) is 12.2 Å². The van der Waals surface area contributed by atoms with Gasteiger partial charge in [-0.2, -0.15) is 8.78 Å².